The Labute approximate surface area is 149 Å². The van der Waals surface area contributed by atoms with Crippen molar-refractivity contribution in [2.45, 2.75) is 6.54 Å². The lowest BCUT2D eigenvalue weighted by molar-refractivity contribution is 0.188. The Morgan fingerprint density at radius 1 is 1.19 bits per heavy atom. The second-order valence-electron chi connectivity index (χ2n) is 5.74. The number of hydrogen-bond donors (Lipinski definition) is 1. The van der Waals surface area contributed by atoms with Crippen LogP contribution in [0.5, 0.6) is 0 Å². The summed E-state index contributed by atoms with van der Waals surface area (Å²) in [7, 11) is 4.60. The molecule has 2 heterocycles. The molecule has 0 spiro atoms. The molecule has 0 saturated heterocycles. The summed E-state index contributed by atoms with van der Waals surface area (Å²) >= 11 is 0. The highest BCUT2D eigenvalue weighted by molar-refractivity contribution is 5.80. The minimum Gasteiger partial charge on any atom is -0.383 e. The Morgan fingerprint density at radius 2 is 1.92 bits per heavy atom. The smallest absolute Gasteiger partial charge is 0.332 e. The Kier molecular flexibility index (Phi) is 4.99. The Hall–Kier alpha value is -3.20. The first-order chi connectivity index (χ1) is 12.5. The molecule has 3 rings (SSSR count). The quantitative estimate of drug-likeness (QED) is 0.513. The minimum atomic E-state index is -0.432. The van der Waals surface area contributed by atoms with E-state index >= 15 is 0 Å². The van der Waals surface area contributed by atoms with E-state index in [0.717, 1.165) is 10.1 Å². The third-order valence-electron chi connectivity index (χ3n) is 4.04. The summed E-state index contributed by atoms with van der Waals surface area (Å²) < 4.78 is 9.19. The molecule has 9 nitrogen and oxygen atoms in total. The molecule has 1 aromatic carbocycles. The van der Waals surface area contributed by atoms with Gasteiger partial charge < -0.3 is 9.30 Å². The molecular formula is C17H20N6O3. The van der Waals surface area contributed by atoms with Gasteiger partial charge in [-0.2, -0.15) is 10.1 Å². The third-order valence-corrected chi connectivity index (χ3v) is 4.04. The van der Waals surface area contributed by atoms with Crippen molar-refractivity contribution in [2.75, 3.05) is 19.1 Å². The number of hydrogen-bond acceptors (Lipinski definition) is 6. The predicted octanol–water partition coefficient (Wildman–Crippen LogP) is 0.526. The summed E-state index contributed by atoms with van der Waals surface area (Å²) in [5, 5.41) is 4.18. The van der Waals surface area contributed by atoms with Crippen molar-refractivity contribution in [1.82, 2.24) is 18.7 Å². The van der Waals surface area contributed by atoms with E-state index in [2.05, 4.69) is 15.5 Å². The fraction of sp³-hybridized carbons (Fsp3) is 0.294. The highest BCUT2D eigenvalue weighted by Gasteiger charge is 2.18. The van der Waals surface area contributed by atoms with Crippen LogP contribution in [0.25, 0.3) is 11.2 Å². The van der Waals surface area contributed by atoms with E-state index < -0.39 is 11.2 Å². The number of aromatic nitrogens is 4. The summed E-state index contributed by atoms with van der Waals surface area (Å²) in [5.41, 5.74) is 3.55. The normalized spacial score (nSPS) is 11.5. The van der Waals surface area contributed by atoms with Gasteiger partial charge >= 0.3 is 5.69 Å². The Morgan fingerprint density at radius 3 is 2.62 bits per heavy atom. The molecule has 0 atom stereocenters. The Balaban J connectivity index is 2.08. The van der Waals surface area contributed by atoms with Gasteiger partial charge in [-0.15, -0.1) is 0 Å². The van der Waals surface area contributed by atoms with E-state index in [4.69, 9.17) is 4.74 Å². The molecule has 2 aromatic heterocycles. The summed E-state index contributed by atoms with van der Waals surface area (Å²) in [6, 6.07) is 9.58. The average molecular weight is 356 g/mol. The van der Waals surface area contributed by atoms with Gasteiger partial charge in [-0.05, 0) is 5.56 Å². The number of hydrazone groups is 1. The van der Waals surface area contributed by atoms with Crippen molar-refractivity contribution in [3.8, 4) is 0 Å². The molecule has 1 N–H and O–H groups in total. The van der Waals surface area contributed by atoms with Crippen LogP contribution in [-0.4, -0.2) is 38.6 Å². The molecule has 26 heavy (non-hydrogen) atoms. The summed E-state index contributed by atoms with van der Waals surface area (Å²) in [4.78, 5) is 29.1. The first-order valence-electron chi connectivity index (χ1n) is 8.04. The van der Waals surface area contributed by atoms with Crippen LogP contribution in [0.4, 0.5) is 5.95 Å². The van der Waals surface area contributed by atoms with Gasteiger partial charge in [0.15, 0.2) is 11.2 Å². The standard InChI is InChI=1S/C17H20N6O3/c1-21-14-13(15(24)22(2)17(21)25)23(9-10-26-3)16(19-14)20-18-11-12-7-5-4-6-8-12/h4-8,11H,9-10H2,1-3H3,(H,19,20)/b18-11+. The van der Waals surface area contributed by atoms with Crippen LogP contribution in [-0.2, 0) is 25.4 Å². The van der Waals surface area contributed by atoms with Crippen LogP contribution < -0.4 is 16.7 Å². The van der Waals surface area contributed by atoms with E-state index in [0.29, 0.717) is 30.3 Å². The van der Waals surface area contributed by atoms with Crippen LogP contribution in [0, 0.1) is 0 Å². The van der Waals surface area contributed by atoms with Crippen LogP contribution in [0.15, 0.2) is 45.0 Å². The lowest BCUT2D eigenvalue weighted by atomic mass is 10.2. The van der Waals surface area contributed by atoms with Gasteiger partial charge in [0.25, 0.3) is 5.56 Å². The predicted molar refractivity (Wildman–Crippen MR) is 99.7 cm³/mol. The van der Waals surface area contributed by atoms with Crippen molar-refractivity contribution in [3.05, 3.63) is 56.7 Å². The van der Waals surface area contributed by atoms with Crippen molar-refractivity contribution in [1.29, 1.82) is 0 Å². The maximum absolute atomic E-state index is 12.6. The highest BCUT2D eigenvalue weighted by Crippen LogP contribution is 2.15. The number of benzene rings is 1. The molecule has 136 valence electrons. The number of nitrogens with zero attached hydrogens (tertiary/aromatic N) is 5. The number of fused-ring (bicyclic) bond motifs is 1. The summed E-state index contributed by atoms with van der Waals surface area (Å²) in [5.74, 6) is 0.363. The molecule has 0 unspecified atom stereocenters. The second-order valence-corrected chi connectivity index (χ2v) is 5.74. The molecule has 0 aliphatic heterocycles. The zero-order valence-corrected chi connectivity index (χ0v) is 14.8. The molecule has 3 aromatic rings. The fourth-order valence-electron chi connectivity index (χ4n) is 2.64. The second kappa shape index (κ2) is 7.36. The van der Waals surface area contributed by atoms with Crippen LogP contribution in [0.1, 0.15) is 5.56 Å². The molecule has 0 aliphatic carbocycles. The van der Waals surface area contributed by atoms with Gasteiger partial charge in [0, 0.05) is 27.7 Å². The fourth-order valence-corrected chi connectivity index (χ4v) is 2.64. The lowest BCUT2D eigenvalue weighted by Gasteiger charge is -2.08. The van der Waals surface area contributed by atoms with E-state index in [-0.39, 0.29) is 0 Å². The van der Waals surface area contributed by atoms with Crippen LogP contribution in [0.2, 0.25) is 0 Å². The number of aryl methyl sites for hydroxylation is 1. The number of anilines is 1. The monoisotopic (exact) mass is 356 g/mol. The maximum atomic E-state index is 12.6. The van der Waals surface area contributed by atoms with E-state index in [1.54, 1.807) is 24.9 Å². The maximum Gasteiger partial charge on any atom is 0.332 e. The minimum absolute atomic E-state index is 0.298. The van der Waals surface area contributed by atoms with E-state index in [1.807, 2.05) is 30.3 Å². The number of ether oxygens (including phenoxy) is 1. The van der Waals surface area contributed by atoms with Crippen molar-refractivity contribution < 1.29 is 4.74 Å². The first kappa shape index (κ1) is 17.6. The lowest BCUT2D eigenvalue weighted by Crippen LogP contribution is -2.37. The van der Waals surface area contributed by atoms with Gasteiger partial charge in [0.2, 0.25) is 5.95 Å². The van der Waals surface area contributed by atoms with Crippen LogP contribution >= 0.6 is 0 Å². The van der Waals surface area contributed by atoms with Gasteiger partial charge in [-0.3, -0.25) is 13.9 Å². The number of nitrogens with one attached hydrogen (secondary N) is 1. The topological polar surface area (TPSA) is 95.4 Å². The van der Waals surface area contributed by atoms with Gasteiger partial charge in [-0.1, -0.05) is 30.3 Å². The van der Waals surface area contributed by atoms with Gasteiger partial charge in [-0.25, -0.2) is 10.2 Å². The zero-order valence-electron chi connectivity index (χ0n) is 14.8. The van der Waals surface area contributed by atoms with Gasteiger partial charge in [0.05, 0.1) is 12.8 Å². The molecule has 0 radical (unpaired) electrons. The molecule has 0 amide bonds. The van der Waals surface area contributed by atoms with Crippen LogP contribution in [0.3, 0.4) is 0 Å². The van der Waals surface area contributed by atoms with E-state index in [1.165, 1.54) is 11.6 Å². The number of imidazole rings is 1. The average Bonchev–Trinajstić information content (AvgIpc) is 3.02. The first-order valence-corrected chi connectivity index (χ1v) is 8.04. The highest BCUT2D eigenvalue weighted by atomic mass is 16.5. The molecule has 0 fully saturated rings. The molecule has 0 aliphatic rings. The number of rotatable bonds is 6. The van der Waals surface area contributed by atoms with Crippen molar-refractivity contribution in [2.24, 2.45) is 19.2 Å². The van der Waals surface area contributed by atoms with E-state index in [9.17, 15) is 9.59 Å². The summed E-state index contributed by atoms with van der Waals surface area (Å²) in [6.07, 6.45) is 1.65. The molecular weight excluding hydrogens is 336 g/mol. The Bertz CT molecular complexity index is 1060. The molecule has 0 saturated carbocycles. The summed E-state index contributed by atoms with van der Waals surface area (Å²) in [6.45, 7) is 0.776. The SMILES string of the molecule is COCCn1c(N/N=C/c2ccccc2)nc2c1c(=O)n(C)c(=O)n2C. The van der Waals surface area contributed by atoms with Crippen molar-refractivity contribution >= 4 is 23.3 Å². The largest absolute Gasteiger partial charge is 0.383 e. The van der Waals surface area contributed by atoms with Crippen molar-refractivity contribution in [3.63, 3.8) is 0 Å². The van der Waals surface area contributed by atoms with Gasteiger partial charge in [0.1, 0.15) is 0 Å². The third kappa shape index (κ3) is 3.16. The number of methoxy groups -OCH3 is 1. The molecule has 0 bridgehead atoms. The molecule has 9 heteroatoms. The zero-order chi connectivity index (χ0) is 18.7.